The first-order valence-electron chi connectivity index (χ1n) is 3.33. The maximum Gasteiger partial charge on any atom is 0.170 e. The second-order valence-corrected chi connectivity index (χ2v) is 2.15. The summed E-state index contributed by atoms with van der Waals surface area (Å²) in [5.41, 5.74) is 1.03. The lowest BCUT2D eigenvalue weighted by atomic mass is 10.2. The molecule has 2 heterocycles. The van der Waals surface area contributed by atoms with Gasteiger partial charge in [-0.3, -0.25) is 4.98 Å². The highest BCUT2D eigenvalue weighted by Crippen LogP contribution is 2.17. The minimum atomic E-state index is 0.826. The molecular formula is C9H6NO. The Labute approximate surface area is 64.5 Å². The normalized spacial score (nSPS) is 9.82. The lowest BCUT2D eigenvalue weighted by Crippen LogP contribution is -1.72. The zero-order chi connectivity index (χ0) is 7.52. The zero-order valence-electron chi connectivity index (χ0n) is 5.82. The molecule has 2 aromatic heterocycles. The number of furan rings is 1. The Kier molecular flexibility index (Phi) is 1.44. The van der Waals surface area contributed by atoms with Gasteiger partial charge in [0.25, 0.3) is 0 Å². The third kappa shape index (κ3) is 1.15. The van der Waals surface area contributed by atoms with Gasteiger partial charge in [-0.05, 0) is 24.3 Å². The van der Waals surface area contributed by atoms with Gasteiger partial charge in [-0.1, -0.05) is 0 Å². The van der Waals surface area contributed by atoms with Gasteiger partial charge in [-0.25, -0.2) is 0 Å². The molecule has 0 amide bonds. The van der Waals surface area contributed by atoms with Crippen LogP contribution in [0.4, 0.5) is 0 Å². The first-order valence-corrected chi connectivity index (χ1v) is 3.33. The molecule has 0 aromatic carbocycles. The van der Waals surface area contributed by atoms with Crippen LogP contribution in [0.5, 0.6) is 0 Å². The van der Waals surface area contributed by atoms with E-state index >= 15 is 0 Å². The summed E-state index contributed by atoms with van der Waals surface area (Å²) in [4.78, 5) is 3.90. The van der Waals surface area contributed by atoms with Crippen molar-refractivity contribution < 1.29 is 4.42 Å². The van der Waals surface area contributed by atoms with Gasteiger partial charge < -0.3 is 4.42 Å². The number of hydrogen-bond donors (Lipinski definition) is 0. The maximum absolute atomic E-state index is 5.07. The van der Waals surface area contributed by atoms with E-state index in [1.807, 2.05) is 18.2 Å². The molecule has 0 fully saturated rings. The van der Waals surface area contributed by atoms with Crippen LogP contribution in [-0.2, 0) is 0 Å². The molecule has 11 heavy (non-hydrogen) atoms. The Balaban J connectivity index is 2.46. The van der Waals surface area contributed by atoms with Crippen LogP contribution < -0.4 is 0 Å². The van der Waals surface area contributed by atoms with Gasteiger partial charge in [0.15, 0.2) is 6.26 Å². The van der Waals surface area contributed by atoms with Crippen molar-refractivity contribution in [3.05, 3.63) is 42.9 Å². The topological polar surface area (TPSA) is 26.0 Å². The van der Waals surface area contributed by atoms with Gasteiger partial charge in [0, 0.05) is 18.0 Å². The number of rotatable bonds is 1. The third-order valence-corrected chi connectivity index (χ3v) is 1.44. The molecule has 2 heteroatoms. The van der Waals surface area contributed by atoms with Crippen molar-refractivity contribution in [2.24, 2.45) is 0 Å². The summed E-state index contributed by atoms with van der Waals surface area (Å²) in [7, 11) is 0. The summed E-state index contributed by atoms with van der Waals surface area (Å²) in [6, 6.07) is 7.41. The Morgan fingerprint density at radius 1 is 1.18 bits per heavy atom. The van der Waals surface area contributed by atoms with E-state index in [1.165, 1.54) is 0 Å². The van der Waals surface area contributed by atoms with Gasteiger partial charge in [0.1, 0.15) is 5.76 Å². The van der Waals surface area contributed by atoms with Gasteiger partial charge in [0.05, 0.1) is 0 Å². The summed E-state index contributed by atoms with van der Waals surface area (Å²) in [6.07, 6.45) is 6.10. The van der Waals surface area contributed by atoms with E-state index in [9.17, 15) is 0 Å². The van der Waals surface area contributed by atoms with Crippen molar-refractivity contribution in [2.75, 3.05) is 0 Å². The second kappa shape index (κ2) is 2.58. The highest BCUT2D eigenvalue weighted by atomic mass is 16.3. The lowest BCUT2D eigenvalue weighted by molar-refractivity contribution is 0.573. The summed E-state index contributed by atoms with van der Waals surface area (Å²) >= 11 is 0. The van der Waals surface area contributed by atoms with E-state index in [2.05, 4.69) is 11.2 Å². The Morgan fingerprint density at radius 2 is 2.00 bits per heavy atom. The molecule has 0 saturated carbocycles. The van der Waals surface area contributed by atoms with Crippen molar-refractivity contribution in [3.8, 4) is 11.3 Å². The summed E-state index contributed by atoms with van der Waals surface area (Å²) in [5.74, 6) is 0.826. The minimum Gasteiger partial charge on any atom is -0.453 e. The summed E-state index contributed by atoms with van der Waals surface area (Å²) in [5, 5.41) is 0. The zero-order valence-corrected chi connectivity index (χ0v) is 5.82. The van der Waals surface area contributed by atoms with E-state index in [-0.39, 0.29) is 0 Å². The molecule has 0 unspecified atom stereocenters. The fourth-order valence-electron chi connectivity index (χ4n) is 0.913. The van der Waals surface area contributed by atoms with E-state index in [0.29, 0.717) is 0 Å². The van der Waals surface area contributed by atoms with Gasteiger partial charge in [0.2, 0.25) is 0 Å². The first-order chi connectivity index (χ1) is 5.47. The van der Waals surface area contributed by atoms with Crippen LogP contribution in [0.3, 0.4) is 0 Å². The fraction of sp³-hybridized carbons (Fsp3) is 0. The lowest BCUT2D eigenvalue weighted by Gasteiger charge is -1.91. The molecule has 0 saturated heterocycles. The fourth-order valence-corrected chi connectivity index (χ4v) is 0.913. The SMILES string of the molecule is [c]1ccc(-c2ccncc2)o1. The maximum atomic E-state index is 5.07. The predicted octanol–water partition coefficient (Wildman–Crippen LogP) is 2.14. The minimum absolute atomic E-state index is 0.826. The van der Waals surface area contributed by atoms with Crippen LogP contribution in [-0.4, -0.2) is 4.98 Å². The molecule has 2 rings (SSSR count). The number of aromatic nitrogens is 1. The van der Waals surface area contributed by atoms with E-state index in [1.54, 1.807) is 18.5 Å². The smallest absolute Gasteiger partial charge is 0.170 e. The molecule has 0 spiro atoms. The van der Waals surface area contributed by atoms with Crippen molar-refractivity contribution in [1.82, 2.24) is 4.98 Å². The largest absolute Gasteiger partial charge is 0.453 e. The summed E-state index contributed by atoms with van der Waals surface area (Å²) in [6.45, 7) is 0. The molecule has 0 aliphatic rings. The molecule has 2 aromatic rings. The van der Waals surface area contributed by atoms with Crippen LogP contribution in [0.15, 0.2) is 41.1 Å². The molecule has 0 N–H and O–H groups in total. The number of pyridine rings is 1. The molecule has 1 radical (unpaired) electrons. The Hall–Kier alpha value is -1.57. The van der Waals surface area contributed by atoms with Crippen LogP contribution in [0.2, 0.25) is 0 Å². The van der Waals surface area contributed by atoms with Crippen LogP contribution in [0.25, 0.3) is 11.3 Å². The second-order valence-electron chi connectivity index (χ2n) is 2.15. The van der Waals surface area contributed by atoms with E-state index in [4.69, 9.17) is 4.42 Å². The molecule has 53 valence electrons. The van der Waals surface area contributed by atoms with E-state index in [0.717, 1.165) is 11.3 Å². The standard InChI is InChI=1S/C9H6NO/c1-2-9(11-7-1)8-3-5-10-6-4-8/h1-6H. The number of nitrogens with zero attached hydrogens (tertiary/aromatic N) is 1. The average Bonchev–Trinajstić information content (AvgIpc) is 2.58. The monoisotopic (exact) mass is 144 g/mol. The van der Waals surface area contributed by atoms with Crippen LogP contribution >= 0.6 is 0 Å². The summed E-state index contributed by atoms with van der Waals surface area (Å²) < 4.78 is 5.07. The third-order valence-electron chi connectivity index (χ3n) is 1.44. The molecule has 0 bridgehead atoms. The number of hydrogen-bond acceptors (Lipinski definition) is 2. The van der Waals surface area contributed by atoms with Gasteiger partial charge in [-0.2, -0.15) is 0 Å². The van der Waals surface area contributed by atoms with Gasteiger partial charge >= 0.3 is 0 Å². The Bertz CT molecular complexity index is 313. The molecule has 2 nitrogen and oxygen atoms in total. The van der Waals surface area contributed by atoms with Crippen molar-refractivity contribution >= 4 is 0 Å². The highest BCUT2D eigenvalue weighted by molar-refractivity contribution is 5.55. The molecule has 0 aliphatic heterocycles. The first kappa shape index (κ1) is 6.16. The quantitative estimate of drug-likeness (QED) is 0.612. The highest BCUT2D eigenvalue weighted by Gasteiger charge is 1.96. The molecule has 0 aliphatic carbocycles. The Morgan fingerprint density at radius 3 is 2.64 bits per heavy atom. The van der Waals surface area contributed by atoms with E-state index < -0.39 is 0 Å². The van der Waals surface area contributed by atoms with Crippen molar-refractivity contribution in [1.29, 1.82) is 0 Å². The molecular weight excluding hydrogens is 138 g/mol. The van der Waals surface area contributed by atoms with Crippen molar-refractivity contribution in [3.63, 3.8) is 0 Å². The molecule has 0 atom stereocenters. The van der Waals surface area contributed by atoms with Crippen molar-refractivity contribution in [2.45, 2.75) is 0 Å². The predicted molar refractivity (Wildman–Crippen MR) is 40.8 cm³/mol. The average molecular weight is 144 g/mol. The van der Waals surface area contributed by atoms with Crippen LogP contribution in [0, 0.1) is 6.26 Å². The van der Waals surface area contributed by atoms with Gasteiger partial charge in [-0.15, -0.1) is 0 Å². The van der Waals surface area contributed by atoms with Crippen LogP contribution in [0.1, 0.15) is 0 Å².